The van der Waals surface area contributed by atoms with Gasteiger partial charge in [-0.25, -0.2) is 4.79 Å². The van der Waals surface area contributed by atoms with E-state index < -0.39 is 6.10 Å². The minimum absolute atomic E-state index is 0.0679. The molecule has 3 rings (SSSR count). The molecule has 1 aliphatic rings. The fraction of sp³-hybridized carbons (Fsp3) is 0.500. The van der Waals surface area contributed by atoms with E-state index in [2.05, 4.69) is 16.3 Å². The van der Waals surface area contributed by atoms with Crippen molar-refractivity contribution >= 4 is 17.8 Å². The van der Waals surface area contributed by atoms with Gasteiger partial charge < -0.3 is 29.2 Å². The summed E-state index contributed by atoms with van der Waals surface area (Å²) in [6.07, 6.45) is 6.25. The van der Waals surface area contributed by atoms with Crippen LogP contribution in [0.4, 0.5) is 0 Å². The molecule has 0 spiro atoms. The smallest absolute Gasteiger partial charge is 0.339 e. The van der Waals surface area contributed by atoms with Crippen LogP contribution in [-0.2, 0) is 43.4 Å². The van der Waals surface area contributed by atoms with Gasteiger partial charge in [0.25, 0.3) is 0 Å². The summed E-state index contributed by atoms with van der Waals surface area (Å²) >= 11 is 0. The second kappa shape index (κ2) is 18.9. The molecule has 2 aromatic rings. The minimum Gasteiger partial charge on any atom is -0.493 e. The molecule has 1 aliphatic heterocycles. The number of hydrogen-bond acceptors (Lipinski definition) is 8. The molecule has 47 heavy (non-hydrogen) atoms. The Hall–Kier alpha value is -4.11. The molecule has 1 amide bonds. The van der Waals surface area contributed by atoms with Crippen LogP contribution in [0.15, 0.2) is 53.8 Å². The third-order valence-electron chi connectivity index (χ3n) is 8.18. The Kier molecular flexibility index (Phi) is 15.0. The van der Waals surface area contributed by atoms with Gasteiger partial charge in [0, 0.05) is 49.0 Å². The molecule has 0 aliphatic carbocycles. The molecule has 0 aromatic heterocycles. The molecule has 1 heterocycles. The van der Waals surface area contributed by atoms with Crippen LogP contribution in [0.3, 0.4) is 0 Å². The number of ether oxygens (including phenoxy) is 4. The first-order valence-corrected chi connectivity index (χ1v) is 16.6. The van der Waals surface area contributed by atoms with Gasteiger partial charge in [-0.15, -0.1) is 0 Å². The highest BCUT2D eigenvalue weighted by atomic mass is 16.5. The summed E-state index contributed by atoms with van der Waals surface area (Å²) in [7, 11) is 3.98. The first-order chi connectivity index (χ1) is 22.5. The summed E-state index contributed by atoms with van der Waals surface area (Å²) in [5, 5.41) is 2.96. The van der Waals surface area contributed by atoms with Gasteiger partial charge in [-0.1, -0.05) is 42.0 Å². The number of fused-ring (bicyclic) bond motifs is 1. The normalized spacial score (nSPS) is 13.7. The Balaban J connectivity index is 1.77. The summed E-state index contributed by atoms with van der Waals surface area (Å²) < 4.78 is 23.6. The lowest BCUT2D eigenvalue weighted by Gasteiger charge is -2.25. The van der Waals surface area contributed by atoms with Crippen LogP contribution < -0.4 is 10.1 Å². The van der Waals surface area contributed by atoms with Crippen LogP contribution in [-0.4, -0.2) is 56.6 Å². The van der Waals surface area contributed by atoms with Crippen molar-refractivity contribution in [2.75, 3.05) is 33.9 Å². The summed E-state index contributed by atoms with van der Waals surface area (Å²) in [5.74, 6) is 0.729. The van der Waals surface area contributed by atoms with E-state index in [0.717, 1.165) is 52.1 Å². The van der Waals surface area contributed by atoms with Gasteiger partial charge in [0.05, 0.1) is 24.5 Å². The Bertz CT molecular complexity index is 1430. The molecule has 0 saturated heterocycles. The lowest BCUT2D eigenvalue weighted by atomic mass is 9.87. The number of nitrogens with zero attached hydrogens (tertiary/aromatic N) is 1. The molecule has 0 radical (unpaired) electrons. The lowest BCUT2D eigenvalue weighted by Crippen LogP contribution is -2.22. The van der Waals surface area contributed by atoms with Crippen molar-refractivity contribution in [3.8, 4) is 5.75 Å². The highest BCUT2D eigenvalue weighted by Crippen LogP contribution is 2.42. The Morgan fingerprint density at radius 1 is 1.11 bits per heavy atom. The number of cyclic esters (lactones) is 1. The van der Waals surface area contributed by atoms with Crippen molar-refractivity contribution in [1.82, 2.24) is 10.2 Å². The van der Waals surface area contributed by atoms with Crippen LogP contribution in [0.25, 0.3) is 0 Å². The molecule has 0 saturated carbocycles. The molecule has 1 N–H and O–H groups in total. The van der Waals surface area contributed by atoms with Crippen LogP contribution in [0.5, 0.6) is 5.75 Å². The van der Waals surface area contributed by atoms with Gasteiger partial charge in [-0.3, -0.25) is 9.59 Å². The predicted molar refractivity (Wildman–Crippen MR) is 183 cm³/mol. The number of amides is 1. The standard InChI is InChI=1S/C38H52N2O7/c1-8-30(18-20-33(41)39-24-29-14-11-10-12-15-29)47-28(5)35-31(37(44-9-2)27(4)32-25-46-38(43)36(32)35)19-16-26(3)17-21-34(42)45-23-13-22-40(6)7/h8,10-12,14-16,28H,9,13,17-25H2,1-7H3,(H,39,41). The molecule has 0 bridgehead atoms. The van der Waals surface area contributed by atoms with Crippen molar-refractivity contribution in [2.45, 2.75) is 92.4 Å². The van der Waals surface area contributed by atoms with Gasteiger partial charge in [-0.05, 0) is 85.2 Å². The number of esters is 2. The maximum absolute atomic E-state index is 13.1. The highest BCUT2D eigenvalue weighted by Gasteiger charge is 2.34. The van der Waals surface area contributed by atoms with Crippen molar-refractivity contribution < 1.29 is 33.3 Å². The number of benzene rings is 2. The number of rotatable bonds is 19. The lowest BCUT2D eigenvalue weighted by molar-refractivity contribution is -0.143. The third kappa shape index (κ3) is 11.3. The van der Waals surface area contributed by atoms with Crippen molar-refractivity contribution in [3.05, 3.63) is 87.2 Å². The van der Waals surface area contributed by atoms with Crippen LogP contribution in [0.1, 0.15) is 104 Å². The highest BCUT2D eigenvalue weighted by molar-refractivity contribution is 5.96. The van der Waals surface area contributed by atoms with Crippen molar-refractivity contribution in [2.24, 2.45) is 0 Å². The first kappa shape index (κ1) is 37.3. The second-order valence-electron chi connectivity index (χ2n) is 12.1. The third-order valence-corrected chi connectivity index (χ3v) is 8.18. The van der Waals surface area contributed by atoms with Crippen LogP contribution in [0, 0.1) is 6.92 Å². The number of carbonyl (C=O) groups excluding carboxylic acids is 3. The van der Waals surface area contributed by atoms with Crippen molar-refractivity contribution in [3.63, 3.8) is 0 Å². The molecule has 1 unspecified atom stereocenters. The van der Waals surface area contributed by atoms with Gasteiger partial charge >= 0.3 is 11.9 Å². The monoisotopic (exact) mass is 648 g/mol. The van der Waals surface area contributed by atoms with E-state index in [-0.39, 0.29) is 30.9 Å². The quantitative estimate of drug-likeness (QED) is 0.0759. The Labute approximate surface area is 280 Å². The Morgan fingerprint density at radius 2 is 1.85 bits per heavy atom. The fourth-order valence-corrected chi connectivity index (χ4v) is 5.60. The molecular weight excluding hydrogens is 596 g/mol. The number of carbonyl (C=O) groups is 3. The van der Waals surface area contributed by atoms with E-state index in [0.29, 0.717) is 56.8 Å². The number of hydrogen-bond donors (Lipinski definition) is 1. The largest absolute Gasteiger partial charge is 0.493 e. The predicted octanol–water partition coefficient (Wildman–Crippen LogP) is 6.91. The van der Waals surface area contributed by atoms with Gasteiger partial charge in [-0.2, -0.15) is 0 Å². The van der Waals surface area contributed by atoms with Gasteiger partial charge in [0.15, 0.2) is 0 Å². The molecule has 256 valence electrons. The molecular formula is C38H52N2O7. The maximum atomic E-state index is 13.1. The summed E-state index contributed by atoms with van der Waals surface area (Å²) in [6.45, 7) is 12.1. The first-order valence-electron chi connectivity index (χ1n) is 16.6. The summed E-state index contributed by atoms with van der Waals surface area (Å²) in [6, 6.07) is 9.78. The zero-order valence-corrected chi connectivity index (χ0v) is 29.2. The van der Waals surface area contributed by atoms with E-state index in [1.165, 1.54) is 0 Å². The summed E-state index contributed by atoms with van der Waals surface area (Å²) in [4.78, 5) is 40.1. The number of allylic oxidation sites excluding steroid dienone is 4. The van der Waals surface area contributed by atoms with E-state index in [1.54, 1.807) is 0 Å². The zero-order valence-electron chi connectivity index (χ0n) is 29.2. The van der Waals surface area contributed by atoms with Gasteiger partial charge in [0.1, 0.15) is 18.5 Å². The molecule has 9 heteroatoms. The molecule has 0 fully saturated rings. The topological polar surface area (TPSA) is 103 Å². The van der Waals surface area contributed by atoms with Crippen LogP contribution in [0.2, 0.25) is 0 Å². The van der Waals surface area contributed by atoms with E-state index >= 15 is 0 Å². The molecule has 2 aromatic carbocycles. The van der Waals surface area contributed by atoms with E-state index in [1.807, 2.05) is 85.1 Å². The fourth-order valence-electron chi connectivity index (χ4n) is 5.60. The van der Waals surface area contributed by atoms with E-state index in [4.69, 9.17) is 18.9 Å². The average Bonchev–Trinajstić information content (AvgIpc) is 3.44. The zero-order chi connectivity index (χ0) is 34.3. The van der Waals surface area contributed by atoms with Crippen molar-refractivity contribution in [1.29, 1.82) is 0 Å². The Morgan fingerprint density at radius 3 is 2.53 bits per heavy atom. The molecule has 9 nitrogen and oxygen atoms in total. The SMILES string of the molecule is CC=C(CCC(=O)NCc1ccccc1)OC(C)c1c(CC=C(C)CCC(=O)OCCCN(C)C)c(OCC)c(C)c2c1C(=O)OC2. The maximum Gasteiger partial charge on any atom is 0.339 e. The summed E-state index contributed by atoms with van der Waals surface area (Å²) in [5.41, 5.74) is 5.88. The van der Waals surface area contributed by atoms with Gasteiger partial charge in [0.2, 0.25) is 5.91 Å². The van der Waals surface area contributed by atoms with Crippen LogP contribution >= 0.6 is 0 Å². The average molecular weight is 649 g/mol. The minimum atomic E-state index is -0.520. The van der Waals surface area contributed by atoms with E-state index in [9.17, 15) is 14.4 Å². The number of nitrogens with one attached hydrogen (secondary N) is 1. The second-order valence-corrected chi connectivity index (χ2v) is 12.1. The molecule has 1 atom stereocenters.